The summed E-state index contributed by atoms with van der Waals surface area (Å²) in [5.74, 6) is -0.294. The van der Waals surface area contributed by atoms with Gasteiger partial charge in [0, 0.05) is 0 Å². The third-order valence-corrected chi connectivity index (χ3v) is 3.44. The summed E-state index contributed by atoms with van der Waals surface area (Å²) in [7, 11) is 0. The lowest BCUT2D eigenvalue weighted by molar-refractivity contribution is 0.0525. The zero-order valence-corrected chi connectivity index (χ0v) is 13.1. The number of hydrogen-bond donors (Lipinski definition) is 0. The number of aromatic nitrogens is 2. The van der Waals surface area contributed by atoms with Crippen LogP contribution in [0.1, 0.15) is 47.4 Å². The molecule has 2 aromatic rings. The summed E-state index contributed by atoms with van der Waals surface area (Å²) in [5, 5.41) is 4.43. The van der Waals surface area contributed by atoms with E-state index in [1.54, 1.807) is 6.20 Å². The van der Waals surface area contributed by atoms with E-state index in [2.05, 4.69) is 44.1 Å². The van der Waals surface area contributed by atoms with Crippen LogP contribution in [0.3, 0.4) is 0 Å². The maximum absolute atomic E-state index is 12.1. The number of ether oxygens (including phenoxy) is 1. The molecule has 0 aliphatic heterocycles. The Morgan fingerprint density at radius 3 is 2.71 bits per heavy atom. The van der Waals surface area contributed by atoms with Gasteiger partial charge in [-0.2, -0.15) is 5.10 Å². The number of carbonyl (C=O) groups excluding carboxylic acids is 1. The zero-order valence-electron chi connectivity index (χ0n) is 13.1. The SMILES string of the molecule is CCCc1c(C(=O)OCC)cnn1-c1cc(C)ccc1C. The van der Waals surface area contributed by atoms with Crippen molar-refractivity contribution < 1.29 is 9.53 Å². The molecule has 0 spiro atoms. The topological polar surface area (TPSA) is 44.1 Å². The molecular weight excluding hydrogens is 264 g/mol. The van der Waals surface area contributed by atoms with E-state index in [9.17, 15) is 4.79 Å². The number of benzene rings is 1. The monoisotopic (exact) mass is 286 g/mol. The van der Waals surface area contributed by atoms with Gasteiger partial charge in [-0.1, -0.05) is 25.5 Å². The number of esters is 1. The predicted molar refractivity (Wildman–Crippen MR) is 83.0 cm³/mol. The van der Waals surface area contributed by atoms with Crippen LogP contribution in [0.25, 0.3) is 5.69 Å². The Kier molecular flexibility index (Phi) is 4.78. The van der Waals surface area contributed by atoms with Gasteiger partial charge < -0.3 is 4.74 Å². The lowest BCUT2D eigenvalue weighted by Crippen LogP contribution is -2.10. The van der Waals surface area contributed by atoms with Crippen LogP contribution in [0, 0.1) is 13.8 Å². The zero-order chi connectivity index (χ0) is 15.4. The highest BCUT2D eigenvalue weighted by molar-refractivity contribution is 5.90. The Labute approximate surface area is 125 Å². The fourth-order valence-corrected chi connectivity index (χ4v) is 2.39. The summed E-state index contributed by atoms with van der Waals surface area (Å²) < 4.78 is 7.00. The number of nitrogens with zero attached hydrogens (tertiary/aromatic N) is 2. The van der Waals surface area contributed by atoms with Crippen LogP contribution in [-0.4, -0.2) is 22.4 Å². The summed E-state index contributed by atoms with van der Waals surface area (Å²) >= 11 is 0. The minimum atomic E-state index is -0.294. The molecule has 0 bridgehead atoms. The normalized spacial score (nSPS) is 10.7. The van der Waals surface area contributed by atoms with Crippen molar-refractivity contribution in [3.05, 3.63) is 46.8 Å². The van der Waals surface area contributed by atoms with Crippen LogP contribution in [0.2, 0.25) is 0 Å². The highest BCUT2D eigenvalue weighted by atomic mass is 16.5. The molecule has 4 heteroatoms. The highest BCUT2D eigenvalue weighted by Crippen LogP contribution is 2.21. The fraction of sp³-hybridized carbons (Fsp3) is 0.412. The molecule has 0 atom stereocenters. The van der Waals surface area contributed by atoms with Crippen molar-refractivity contribution in [3.8, 4) is 5.69 Å². The lowest BCUT2D eigenvalue weighted by atomic mass is 10.1. The Morgan fingerprint density at radius 1 is 1.29 bits per heavy atom. The van der Waals surface area contributed by atoms with E-state index < -0.39 is 0 Å². The van der Waals surface area contributed by atoms with E-state index in [1.807, 2.05) is 11.6 Å². The molecule has 1 aromatic carbocycles. The second-order valence-electron chi connectivity index (χ2n) is 5.18. The van der Waals surface area contributed by atoms with Crippen molar-refractivity contribution >= 4 is 5.97 Å². The van der Waals surface area contributed by atoms with Gasteiger partial charge in [0.25, 0.3) is 0 Å². The minimum absolute atomic E-state index is 0.294. The van der Waals surface area contributed by atoms with Gasteiger partial charge in [0.15, 0.2) is 0 Å². The van der Waals surface area contributed by atoms with Crippen LogP contribution < -0.4 is 0 Å². The third kappa shape index (κ3) is 3.15. The molecular formula is C17H22N2O2. The first-order chi connectivity index (χ1) is 10.1. The van der Waals surface area contributed by atoms with Crippen LogP contribution in [-0.2, 0) is 11.2 Å². The number of carbonyl (C=O) groups is 1. The first-order valence-electron chi connectivity index (χ1n) is 7.40. The molecule has 0 amide bonds. The lowest BCUT2D eigenvalue weighted by Gasteiger charge is -2.12. The van der Waals surface area contributed by atoms with E-state index in [0.717, 1.165) is 29.8 Å². The Bertz CT molecular complexity index is 644. The van der Waals surface area contributed by atoms with E-state index in [1.165, 1.54) is 5.56 Å². The van der Waals surface area contributed by atoms with Gasteiger partial charge in [-0.05, 0) is 44.4 Å². The molecule has 0 aliphatic rings. The van der Waals surface area contributed by atoms with Gasteiger partial charge in [0.1, 0.15) is 5.56 Å². The average Bonchev–Trinajstić information content (AvgIpc) is 2.86. The molecule has 112 valence electrons. The van der Waals surface area contributed by atoms with Gasteiger partial charge in [-0.25, -0.2) is 9.48 Å². The maximum Gasteiger partial charge on any atom is 0.341 e. The van der Waals surface area contributed by atoms with Crippen LogP contribution in [0.15, 0.2) is 24.4 Å². The summed E-state index contributed by atoms with van der Waals surface area (Å²) in [4.78, 5) is 12.1. The summed E-state index contributed by atoms with van der Waals surface area (Å²) in [5.41, 5.74) is 4.82. The summed E-state index contributed by atoms with van der Waals surface area (Å²) in [6.45, 7) is 8.38. The van der Waals surface area contributed by atoms with Crippen molar-refractivity contribution in [2.24, 2.45) is 0 Å². The molecule has 0 saturated carbocycles. The third-order valence-electron chi connectivity index (χ3n) is 3.44. The van der Waals surface area contributed by atoms with Crippen molar-refractivity contribution in [1.29, 1.82) is 0 Å². The van der Waals surface area contributed by atoms with Gasteiger partial charge in [-0.3, -0.25) is 0 Å². The average molecular weight is 286 g/mol. The van der Waals surface area contributed by atoms with Crippen molar-refractivity contribution in [1.82, 2.24) is 9.78 Å². The smallest absolute Gasteiger partial charge is 0.341 e. The Balaban J connectivity index is 2.53. The van der Waals surface area contributed by atoms with Crippen LogP contribution in [0.5, 0.6) is 0 Å². The van der Waals surface area contributed by atoms with E-state index in [-0.39, 0.29) is 5.97 Å². The molecule has 4 nitrogen and oxygen atoms in total. The molecule has 0 unspecified atom stereocenters. The molecule has 0 N–H and O–H groups in total. The van der Waals surface area contributed by atoms with Gasteiger partial charge in [-0.15, -0.1) is 0 Å². The summed E-state index contributed by atoms with van der Waals surface area (Å²) in [6.07, 6.45) is 3.36. The summed E-state index contributed by atoms with van der Waals surface area (Å²) in [6, 6.07) is 6.25. The minimum Gasteiger partial charge on any atom is -0.462 e. The predicted octanol–water partition coefficient (Wildman–Crippen LogP) is 3.62. The van der Waals surface area contributed by atoms with Gasteiger partial charge in [0.05, 0.1) is 24.2 Å². The van der Waals surface area contributed by atoms with E-state index in [4.69, 9.17) is 4.74 Å². The second-order valence-corrected chi connectivity index (χ2v) is 5.18. The van der Waals surface area contributed by atoms with Crippen molar-refractivity contribution in [3.63, 3.8) is 0 Å². The molecule has 21 heavy (non-hydrogen) atoms. The molecule has 1 aromatic heterocycles. The molecule has 0 radical (unpaired) electrons. The van der Waals surface area contributed by atoms with Gasteiger partial charge in [0.2, 0.25) is 0 Å². The Hall–Kier alpha value is -2.10. The second kappa shape index (κ2) is 6.57. The first-order valence-corrected chi connectivity index (χ1v) is 7.40. The molecule has 0 fully saturated rings. The fourth-order valence-electron chi connectivity index (χ4n) is 2.39. The van der Waals surface area contributed by atoms with Crippen LogP contribution >= 0.6 is 0 Å². The Morgan fingerprint density at radius 2 is 2.05 bits per heavy atom. The standard InChI is InChI=1S/C17H22N2O2/c1-5-7-15-14(17(20)21-6-2)11-18-19(15)16-10-12(3)8-9-13(16)4/h8-11H,5-7H2,1-4H3. The van der Waals surface area contributed by atoms with Gasteiger partial charge >= 0.3 is 5.97 Å². The quantitative estimate of drug-likeness (QED) is 0.789. The van der Waals surface area contributed by atoms with Crippen molar-refractivity contribution in [2.45, 2.75) is 40.5 Å². The molecule has 2 rings (SSSR count). The highest BCUT2D eigenvalue weighted by Gasteiger charge is 2.19. The van der Waals surface area contributed by atoms with E-state index in [0.29, 0.717) is 12.2 Å². The molecule has 0 saturated heterocycles. The molecule has 0 aliphatic carbocycles. The number of hydrogen-bond acceptors (Lipinski definition) is 3. The molecule has 1 heterocycles. The number of rotatable bonds is 5. The first kappa shape index (κ1) is 15.3. The maximum atomic E-state index is 12.1. The van der Waals surface area contributed by atoms with Crippen molar-refractivity contribution in [2.75, 3.05) is 6.61 Å². The largest absolute Gasteiger partial charge is 0.462 e. The van der Waals surface area contributed by atoms with Crippen LogP contribution in [0.4, 0.5) is 0 Å². The number of aryl methyl sites for hydroxylation is 2. The van der Waals surface area contributed by atoms with E-state index >= 15 is 0 Å².